The molecule has 0 heterocycles. The number of benzene rings is 1. The first-order valence-electron chi connectivity index (χ1n) is 5.31. The molecular formula is C12H14BrFO4. The Morgan fingerprint density at radius 2 is 2.11 bits per heavy atom. The molecule has 1 rings (SSSR count). The Kier molecular flexibility index (Phi) is 5.40. The number of aliphatic carboxylic acids is 1. The first kappa shape index (κ1) is 14.8. The molecule has 18 heavy (non-hydrogen) atoms. The van der Waals surface area contributed by atoms with Gasteiger partial charge in [-0.15, -0.1) is 0 Å². The molecule has 0 aliphatic carbocycles. The van der Waals surface area contributed by atoms with Gasteiger partial charge in [0.1, 0.15) is 5.82 Å². The van der Waals surface area contributed by atoms with Gasteiger partial charge < -0.3 is 14.6 Å². The van der Waals surface area contributed by atoms with Gasteiger partial charge in [0.25, 0.3) is 0 Å². The van der Waals surface area contributed by atoms with E-state index in [4.69, 9.17) is 14.6 Å². The minimum absolute atomic E-state index is 0.00536. The minimum atomic E-state index is -0.894. The molecule has 0 atom stereocenters. The fraction of sp³-hybridized carbons (Fsp3) is 0.417. The predicted octanol–water partition coefficient (Wildman–Crippen LogP) is 3.01. The third-order valence-electron chi connectivity index (χ3n) is 2.46. The normalized spacial score (nSPS) is 10.2. The average molecular weight is 321 g/mol. The van der Waals surface area contributed by atoms with Crippen molar-refractivity contribution in [1.82, 2.24) is 0 Å². The number of rotatable bonds is 6. The maximum Gasteiger partial charge on any atom is 0.303 e. The number of halogens is 2. The molecule has 0 saturated carbocycles. The molecule has 0 aliphatic rings. The summed E-state index contributed by atoms with van der Waals surface area (Å²) in [6.45, 7) is 0. The van der Waals surface area contributed by atoms with Gasteiger partial charge in [-0.25, -0.2) is 4.39 Å². The van der Waals surface area contributed by atoms with Gasteiger partial charge in [-0.2, -0.15) is 0 Å². The number of hydrogen-bond donors (Lipinski definition) is 1. The van der Waals surface area contributed by atoms with E-state index in [9.17, 15) is 9.18 Å². The van der Waals surface area contributed by atoms with Crippen LogP contribution in [0, 0.1) is 5.82 Å². The monoisotopic (exact) mass is 320 g/mol. The summed E-state index contributed by atoms with van der Waals surface area (Å²) in [5.41, 5.74) is 0.403. The van der Waals surface area contributed by atoms with Gasteiger partial charge in [0.05, 0.1) is 18.7 Å². The summed E-state index contributed by atoms with van der Waals surface area (Å²) in [5, 5.41) is 8.55. The van der Waals surface area contributed by atoms with Crippen LogP contribution >= 0.6 is 15.9 Å². The molecule has 0 fully saturated rings. The molecule has 0 aromatic heterocycles. The van der Waals surface area contributed by atoms with E-state index in [1.807, 2.05) is 0 Å². The molecule has 0 bridgehead atoms. The average Bonchev–Trinajstić information content (AvgIpc) is 2.33. The molecule has 4 nitrogen and oxygen atoms in total. The van der Waals surface area contributed by atoms with E-state index < -0.39 is 11.8 Å². The van der Waals surface area contributed by atoms with Crippen molar-refractivity contribution in [3.63, 3.8) is 0 Å². The van der Waals surface area contributed by atoms with Crippen molar-refractivity contribution in [1.29, 1.82) is 0 Å². The van der Waals surface area contributed by atoms with Gasteiger partial charge >= 0.3 is 5.97 Å². The summed E-state index contributed by atoms with van der Waals surface area (Å²) in [5.74, 6) is -0.638. The van der Waals surface area contributed by atoms with Gasteiger partial charge in [-0.3, -0.25) is 4.79 Å². The Balaban J connectivity index is 2.98. The zero-order chi connectivity index (χ0) is 13.7. The second-order valence-electron chi connectivity index (χ2n) is 3.65. The van der Waals surface area contributed by atoms with E-state index in [1.165, 1.54) is 20.3 Å². The minimum Gasteiger partial charge on any atom is -0.493 e. The molecule has 0 unspecified atom stereocenters. The summed E-state index contributed by atoms with van der Waals surface area (Å²) in [6.07, 6.45) is 0.705. The highest BCUT2D eigenvalue weighted by Crippen LogP contribution is 2.39. The lowest BCUT2D eigenvalue weighted by Gasteiger charge is -2.13. The van der Waals surface area contributed by atoms with Crippen LogP contribution < -0.4 is 9.47 Å². The molecule has 100 valence electrons. The fourth-order valence-electron chi connectivity index (χ4n) is 1.59. The SMILES string of the molecule is COc1cc(CCCC(=O)O)c(F)c(Br)c1OC. The first-order chi connectivity index (χ1) is 8.51. The third-order valence-corrected chi connectivity index (χ3v) is 3.17. The van der Waals surface area contributed by atoms with Gasteiger partial charge in [0.15, 0.2) is 11.5 Å². The summed E-state index contributed by atoms with van der Waals surface area (Å²) < 4.78 is 24.3. The van der Waals surface area contributed by atoms with Crippen LogP contribution in [0.1, 0.15) is 18.4 Å². The lowest BCUT2D eigenvalue weighted by Crippen LogP contribution is -2.01. The van der Waals surface area contributed by atoms with Crippen LogP contribution in [0.4, 0.5) is 4.39 Å². The lowest BCUT2D eigenvalue weighted by molar-refractivity contribution is -0.137. The van der Waals surface area contributed by atoms with Crippen LogP contribution in [0.15, 0.2) is 10.5 Å². The number of aryl methyl sites for hydroxylation is 1. The predicted molar refractivity (Wildman–Crippen MR) is 67.8 cm³/mol. The highest BCUT2D eigenvalue weighted by molar-refractivity contribution is 9.10. The van der Waals surface area contributed by atoms with Gasteiger partial charge in [0.2, 0.25) is 0 Å². The Labute approximate surface area is 113 Å². The zero-order valence-electron chi connectivity index (χ0n) is 10.1. The van der Waals surface area contributed by atoms with Crippen LogP contribution in [-0.2, 0) is 11.2 Å². The molecule has 1 aromatic rings. The summed E-state index contributed by atoms with van der Waals surface area (Å²) in [4.78, 5) is 10.4. The lowest BCUT2D eigenvalue weighted by atomic mass is 10.1. The van der Waals surface area contributed by atoms with Crippen molar-refractivity contribution in [2.75, 3.05) is 14.2 Å². The molecule has 0 spiro atoms. The number of methoxy groups -OCH3 is 2. The molecule has 1 aromatic carbocycles. The van der Waals surface area contributed by atoms with Crippen molar-refractivity contribution in [3.05, 3.63) is 21.9 Å². The number of carbonyl (C=O) groups is 1. The number of carboxylic acid groups (broad SMARTS) is 1. The highest BCUT2D eigenvalue weighted by Gasteiger charge is 2.17. The van der Waals surface area contributed by atoms with Gasteiger partial charge in [0, 0.05) is 6.42 Å². The van der Waals surface area contributed by atoms with Crippen LogP contribution in [0.25, 0.3) is 0 Å². The molecular weight excluding hydrogens is 307 g/mol. The Bertz CT molecular complexity index is 448. The van der Waals surface area contributed by atoms with E-state index >= 15 is 0 Å². The van der Waals surface area contributed by atoms with Crippen molar-refractivity contribution >= 4 is 21.9 Å². The number of hydrogen-bond acceptors (Lipinski definition) is 3. The largest absolute Gasteiger partial charge is 0.493 e. The second kappa shape index (κ2) is 6.58. The second-order valence-corrected chi connectivity index (χ2v) is 4.44. The zero-order valence-corrected chi connectivity index (χ0v) is 11.7. The van der Waals surface area contributed by atoms with E-state index in [-0.39, 0.29) is 16.6 Å². The maximum atomic E-state index is 14.0. The van der Waals surface area contributed by atoms with Crippen LogP contribution in [0.5, 0.6) is 11.5 Å². The number of ether oxygens (including phenoxy) is 2. The quantitative estimate of drug-likeness (QED) is 0.875. The smallest absolute Gasteiger partial charge is 0.303 e. The summed E-state index contributed by atoms with van der Waals surface area (Å²) in [7, 11) is 2.88. The summed E-state index contributed by atoms with van der Waals surface area (Å²) >= 11 is 3.11. The first-order valence-corrected chi connectivity index (χ1v) is 6.11. The highest BCUT2D eigenvalue weighted by atomic mass is 79.9. The van der Waals surface area contributed by atoms with E-state index in [1.54, 1.807) is 0 Å². The van der Waals surface area contributed by atoms with Crippen molar-refractivity contribution in [2.45, 2.75) is 19.3 Å². The van der Waals surface area contributed by atoms with Crippen LogP contribution in [0.2, 0.25) is 0 Å². The van der Waals surface area contributed by atoms with Crippen LogP contribution in [-0.4, -0.2) is 25.3 Å². The van der Waals surface area contributed by atoms with E-state index in [0.717, 1.165) is 0 Å². The van der Waals surface area contributed by atoms with Crippen molar-refractivity contribution in [3.8, 4) is 11.5 Å². The Morgan fingerprint density at radius 1 is 1.44 bits per heavy atom. The molecule has 0 amide bonds. The molecule has 1 N–H and O–H groups in total. The third kappa shape index (κ3) is 3.35. The Hall–Kier alpha value is -1.30. The van der Waals surface area contributed by atoms with Crippen molar-refractivity contribution < 1.29 is 23.8 Å². The van der Waals surface area contributed by atoms with E-state index in [2.05, 4.69) is 15.9 Å². The molecule has 0 radical (unpaired) electrons. The topological polar surface area (TPSA) is 55.8 Å². The van der Waals surface area contributed by atoms with Crippen molar-refractivity contribution in [2.24, 2.45) is 0 Å². The summed E-state index contributed by atoms with van der Waals surface area (Å²) in [6, 6.07) is 1.53. The van der Waals surface area contributed by atoms with Gasteiger partial charge in [-0.05, 0) is 40.4 Å². The van der Waals surface area contributed by atoms with Gasteiger partial charge in [-0.1, -0.05) is 0 Å². The maximum absolute atomic E-state index is 14.0. The standard InChI is InChI=1S/C12H14BrFO4/c1-17-8-6-7(4-3-5-9(15)16)11(14)10(13)12(8)18-2/h6H,3-5H2,1-2H3,(H,15,16). The molecule has 0 aliphatic heterocycles. The molecule has 6 heteroatoms. The van der Waals surface area contributed by atoms with Crippen LogP contribution in [0.3, 0.4) is 0 Å². The number of carboxylic acids is 1. The van der Waals surface area contributed by atoms with E-state index in [0.29, 0.717) is 24.2 Å². The fourth-order valence-corrected chi connectivity index (χ4v) is 2.20. The Morgan fingerprint density at radius 3 is 2.61 bits per heavy atom. The molecule has 0 saturated heterocycles.